The van der Waals surface area contributed by atoms with Gasteiger partial charge in [-0.3, -0.25) is 19.3 Å². The van der Waals surface area contributed by atoms with Crippen molar-refractivity contribution in [1.82, 2.24) is 4.90 Å². The molecule has 3 aliphatic carbocycles. The van der Waals surface area contributed by atoms with Gasteiger partial charge in [-0.2, -0.15) is 0 Å². The van der Waals surface area contributed by atoms with Crippen molar-refractivity contribution in [2.24, 2.45) is 23.7 Å². The fraction of sp³-hybridized carbons (Fsp3) is 0.421. The lowest BCUT2D eigenvalue weighted by Crippen LogP contribution is -2.46. The van der Waals surface area contributed by atoms with Crippen LogP contribution < -0.4 is 5.32 Å². The van der Waals surface area contributed by atoms with E-state index < -0.39 is 6.04 Å². The van der Waals surface area contributed by atoms with Crippen molar-refractivity contribution < 1.29 is 14.4 Å². The molecule has 0 unspecified atom stereocenters. The van der Waals surface area contributed by atoms with Gasteiger partial charge in [0.15, 0.2) is 0 Å². The largest absolute Gasteiger partial charge is 0.324 e. The van der Waals surface area contributed by atoms with Gasteiger partial charge in [0.1, 0.15) is 6.04 Å². The minimum atomic E-state index is -0.833. The van der Waals surface area contributed by atoms with E-state index in [0.717, 1.165) is 12.8 Å². The lowest BCUT2D eigenvalue weighted by atomic mass is 9.63. The zero-order valence-electron chi connectivity index (χ0n) is 13.8. The molecule has 6 heteroatoms. The highest BCUT2D eigenvalue weighted by atomic mass is 35.5. The summed E-state index contributed by atoms with van der Waals surface area (Å²) in [6.07, 6.45) is 6.03. The van der Waals surface area contributed by atoms with Crippen molar-refractivity contribution in [3.8, 4) is 0 Å². The summed E-state index contributed by atoms with van der Waals surface area (Å²) in [5.41, 5.74) is 0.583. The number of imide groups is 1. The van der Waals surface area contributed by atoms with Crippen LogP contribution in [0.15, 0.2) is 36.4 Å². The first-order valence-corrected chi connectivity index (χ1v) is 8.97. The third kappa shape index (κ3) is 2.58. The van der Waals surface area contributed by atoms with Crippen LogP contribution in [0.25, 0.3) is 0 Å². The first-order chi connectivity index (χ1) is 12.0. The summed E-state index contributed by atoms with van der Waals surface area (Å²) >= 11 is 5.84. The molecule has 5 rings (SSSR count). The number of nitrogens with one attached hydrogen (secondary N) is 1. The molecule has 2 bridgehead atoms. The summed E-state index contributed by atoms with van der Waals surface area (Å²) in [5, 5.41) is 3.32. The molecular weight excluding hydrogens is 340 g/mol. The van der Waals surface area contributed by atoms with Gasteiger partial charge in [0.05, 0.1) is 11.8 Å². The maximum Gasteiger partial charge on any atom is 0.247 e. The molecule has 25 heavy (non-hydrogen) atoms. The topological polar surface area (TPSA) is 66.5 Å². The number of anilines is 1. The van der Waals surface area contributed by atoms with E-state index in [1.807, 2.05) is 0 Å². The van der Waals surface area contributed by atoms with E-state index in [-0.39, 0.29) is 41.4 Å². The summed E-state index contributed by atoms with van der Waals surface area (Å²) in [6.45, 7) is 1.60. The van der Waals surface area contributed by atoms with Gasteiger partial charge in [0.25, 0.3) is 0 Å². The van der Waals surface area contributed by atoms with Gasteiger partial charge in [-0.1, -0.05) is 23.8 Å². The van der Waals surface area contributed by atoms with Crippen molar-refractivity contribution in [1.29, 1.82) is 0 Å². The Morgan fingerprint density at radius 1 is 1.08 bits per heavy atom. The van der Waals surface area contributed by atoms with Crippen LogP contribution in [-0.4, -0.2) is 28.7 Å². The maximum atomic E-state index is 12.9. The van der Waals surface area contributed by atoms with E-state index in [4.69, 9.17) is 11.6 Å². The number of halogens is 1. The third-order valence-corrected chi connectivity index (χ3v) is 5.92. The van der Waals surface area contributed by atoms with Crippen LogP contribution in [0.4, 0.5) is 5.69 Å². The molecule has 0 aromatic heterocycles. The number of amides is 3. The molecule has 130 valence electrons. The summed E-state index contributed by atoms with van der Waals surface area (Å²) in [5.74, 6) is -1.10. The summed E-state index contributed by atoms with van der Waals surface area (Å²) < 4.78 is 0. The predicted octanol–water partition coefficient (Wildman–Crippen LogP) is 2.86. The Hall–Kier alpha value is -2.14. The normalized spacial score (nSPS) is 31.2. The zero-order valence-corrected chi connectivity index (χ0v) is 14.6. The van der Waals surface area contributed by atoms with Crippen LogP contribution in [0.5, 0.6) is 0 Å². The van der Waals surface area contributed by atoms with E-state index in [1.54, 1.807) is 31.2 Å². The second-order valence-electron chi connectivity index (χ2n) is 7.06. The molecule has 3 amide bonds. The lowest BCUT2D eigenvalue weighted by Gasteiger charge is -2.38. The molecule has 1 heterocycles. The van der Waals surface area contributed by atoms with Crippen molar-refractivity contribution >= 4 is 35.0 Å². The molecular formula is C19H19ClN2O3. The first-order valence-electron chi connectivity index (χ1n) is 8.59. The Bertz CT molecular complexity index is 741. The van der Waals surface area contributed by atoms with Crippen LogP contribution >= 0.6 is 11.6 Å². The fourth-order valence-electron chi connectivity index (χ4n) is 4.38. The fourth-order valence-corrected chi connectivity index (χ4v) is 4.50. The molecule has 1 aliphatic heterocycles. The minimum absolute atomic E-state index is 0.128. The molecule has 1 aromatic rings. The second-order valence-corrected chi connectivity index (χ2v) is 7.50. The Morgan fingerprint density at radius 2 is 1.60 bits per heavy atom. The number of nitrogens with zero attached hydrogens (tertiary/aromatic N) is 1. The lowest BCUT2D eigenvalue weighted by molar-refractivity contribution is -0.146. The molecule has 0 radical (unpaired) electrons. The quantitative estimate of drug-likeness (QED) is 0.667. The average Bonchev–Trinajstić information content (AvgIpc) is 2.90. The Labute approximate surface area is 151 Å². The molecule has 5 atom stereocenters. The number of hydrogen-bond donors (Lipinski definition) is 1. The zero-order chi connectivity index (χ0) is 17.7. The van der Waals surface area contributed by atoms with E-state index >= 15 is 0 Å². The summed E-state index contributed by atoms with van der Waals surface area (Å²) in [4.78, 5) is 39.4. The maximum absolute atomic E-state index is 12.9. The van der Waals surface area contributed by atoms with Crippen molar-refractivity contribution in [2.45, 2.75) is 25.8 Å². The minimum Gasteiger partial charge on any atom is -0.324 e. The Kier molecular flexibility index (Phi) is 3.91. The Morgan fingerprint density at radius 3 is 2.08 bits per heavy atom. The van der Waals surface area contributed by atoms with Crippen LogP contribution in [-0.2, 0) is 14.4 Å². The third-order valence-electron chi connectivity index (χ3n) is 5.67. The first kappa shape index (κ1) is 16.3. The molecule has 1 saturated heterocycles. The number of benzene rings is 1. The summed E-state index contributed by atoms with van der Waals surface area (Å²) in [7, 11) is 0. The number of carbonyl (C=O) groups is 3. The van der Waals surface area contributed by atoms with Crippen LogP contribution in [0, 0.1) is 23.7 Å². The molecule has 0 spiro atoms. The van der Waals surface area contributed by atoms with Gasteiger partial charge in [0, 0.05) is 10.7 Å². The highest BCUT2D eigenvalue weighted by Crippen LogP contribution is 2.49. The monoisotopic (exact) mass is 358 g/mol. The average molecular weight is 359 g/mol. The molecule has 1 saturated carbocycles. The van der Waals surface area contributed by atoms with Crippen molar-refractivity contribution in [3.63, 3.8) is 0 Å². The van der Waals surface area contributed by atoms with Crippen molar-refractivity contribution in [2.75, 3.05) is 5.32 Å². The second kappa shape index (κ2) is 5.99. The number of rotatable bonds is 3. The number of carbonyl (C=O) groups excluding carboxylic acids is 3. The van der Waals surface area contributed by atoms with E-state index in [2.05, 4.69) is 17.5 Å². The Balaban J connectivity index is 1.53. The van der Waals surface area contributed by atoms with Crippen LogP contribution in [0.2, 0.25) is 5.02 Å². The predicted molar refractivity (Wildman–Crippen MR) is 93.7 cm³/mol. The number of fused-ring (bicyclic) bond motifs is 1. The van der Waals surface area contributed by atoms with Crippen molar-refractivity contribution in [3.05, 3.63) is 41.4 Å². The number of likely N-dealkylation sites (tertiary alicyclic amines) is 1. The van der Waals surface area contributed by atoms with Gasteiger partial charge in [0.2, 0.25) is 17.7 Å². The van der Waals surface area contributed by atoms with Gasteiger partial charge in [-0.05, 0) is 55.9 Å². The SMILES string of the molecule is C[C@H](C(=O)Nc1ccc(Cl)cc1)N1C(=O)[C@@H]2[C@H](C1=O)[C@H]1C=C[C@H]2CC1. The van der Waals surface area contributed by atoms with E-state index in [9.17, 15) is 14.4 Å². The molecule has 5 nitrogen and oxygen atoms in total. The smallest absolute Gasteiger partial charge is 0.247 e. The number of allylic oxidation sites excluding steroid dienone is 2. The molecule has 1 N–H and O–H groups in total. The van der Waals surface area contributed by atoms with E-state index in [0.29, 0.717) is 10.7 Å². The van der Waals surface area contributed by atoms with Gasteiger partial charge in [-0.15, -0.1) is 0 Å². The highest BCUT2D eigenvalue weighted by molar-refractivity contribution is 6.30. The van der Waals surface area contributed by atoms with Gasteiger partial charge in [-0.25, -0.2) is 0 Å². The number of hydrogen-bond acceptors (Lipinski definition) is 3. The molecule has 1 aromatic carbocycles. The van der Waals surface area contributed by atoms with Crippen LogP contribution in [0.3, 0.4) is 0 Å². The molecule has 4 aliphatic rings. The standard InChI is InChI=1S/C19H19ClN2O3/c1-10(17(23)21-14-8-6-13(20)7-9-14)22-18(24)15-11-2-3-12(5-4-11)16(15)19(22)25/h2-3,6-12,15-16H,4-5H2,1H3,(H,21,23)/t10-,11+,12+,15-,16+/m1/s1. The van der Waals surface area contributed by atoms with Crippen LogP contribution in [0.1, 0.15) is 19.8 Å². The van der Waals surface area contributed by atoms with E-state index in [1.165, 1.54) is 4.90 Å². The molecule has 2 fully saturated rings. The highest BCUT2D eigenvalue weighted by Gasteiger charge is 2.58. The van der Waals surface area contributed by atoms with Gasteiger partial charge < -0.3 is 5.32 Å². The summed E-state index contributed by atoms with van der Waals surface area (Å²) in [6, 6.07) is 5.88. The van der Waals surface area contributed by atoms with Gasteiger partial charge >= 0.3 is 0 Å².